The average molecular weight is 382 g/mol. The summed E-state index contributed by atoms with van der Waals surface area (Å²) in [5, 5.41) is 2.90. The first-order chi connectivity index (χ1) is 12.5. The van der Waals surface area contributed by atoms with Gasteiger partial charge in [-0.25, -0.2) is 0 Å². The summed E-state index contributed by atoms with van der Waals surface area (Å²) in [4.78, 5) is 12.1. The molecule has 0 fully saturated rings. The molecule has 1 heterocycles. The van der Waals surface area contributed by atoms with Gasteiger partial charge in [-0.15, -0.1) is 0 Å². The zero-order chi connectivity index (χ0) is 18.5. The Morgan fingerprint density at radius 1 is 1.19 bits per heavy atom. The topological polar surface area (TPSA) is 56.8 Å². The molecule has 0 atom stereocenters. The normalized spacial score (nSPS) is 13.1. The van der Waals surface area contributed by atoms with Crippen LogP contribution in [0.3, 0.4) is 0 Å². The molecule has 0 aliphatic carbocycles. The van der Waals surface area contributed by atoms with Crippen molar-refractivity contribution < 1.29 is 27.8 Å². The largest absolute Gasteiger partial charge is 0.486 e. The van der Waals surface area contributed by atoms with Crippen molar-refractivity contribution in [3.63, 3.8) is 0 Å². The van der Waals surface area contributed by atoms with Crippen molar-refractivity contribution in [1.82, 2.24) is 0 Å². The Bertz CT molecular complexity index is 842. The van der Waals surface area contributed by atoms with Gasteiger partial charge in [0, 0.05) is 23.8 Å². The molecule has 2 aromatic rings. The van der Waals surface area contributed by atoms with Crippen LogP contribution in [0.15, 0.2) is 42.5 Å². The minimum atomic E-state index is -2.95. The smallest absolute Gasteiger partial charge is 0.387 e. The number of benzene rings is 2. The molecule has 136 valence electrons. The molecule has 0 bridgehead atoms. The lowest BCUT2D eigenvalue weighted by Gasteiger charge is -2.19. The van der Waals surface area contributed by atoms with Gasteiger partial charge in [0.2, 0.25) is 5.91 Å². The number of halogens is 3. The summed E-state index contributed by atoms with van der Waals surface area (Å²) in [6.45, 7) is -2.12. The molecule has 1 aliphatic rings. The molecule has 0 unspecified atom stereocenters. The fraction of sp³-hybridized carbons (Fsp3) is 0.167. The van der Waals surface area contributed by atoms with Crippen molar-refractivity contribution in [2.45, 2.75) is 6.61 Å². The third-order valence-electron chi connectivity index (χ3n) is 3.44. The number of carbonyl (C=O) groups excluding carboxylic acids is 1. The summed E-state index contributed by atoms with van der Waals surface area (Å²) < 4.78 is 40.1. The molecule has 0 saturated carbocycles. The van der Waals surface area contributed by atoms with E-state index in [2.05, 4.69) is 10.1 Å². The number of carbonyl (C=O) groups is 1. The van der Waals surface area contributed by atoms with Gasteiger partial charge in [-0.3, -0.25) is 4.79 Å². The van der Waals surface area contributed by atoms with Crippen molar-refractivity contribution >= 4 is 29.3 Å². The Morgan fingerprint density at radius 2 is 1.88 bits per heavy atom. The van der Waals surface area contributed by atoms with Crippen molar-refractivity contribution in [3.8, 4) is 17.2 Å². The standard InChI is InChI=1S/C18H14ClF2NO4/c19-12-9-15-16(25-8-7-24-15)10-13(12)22-17(23)6-5-11-3-1-2-4-14(11)26-18(20)21/h1-6,9-10,18H,7-8H2,(H,22,23)/b6-5+. The molecule has 1 amide bonds. The Labute approximate surface area is 153 Å². The van der Waals surface area contributed by atoms with Gasteiger partial charge in [0.05, 0.1) is 10.7 Å². The predicted octanol–water partition coefficient (Wildman–Crippen LogP) is 4.36. The van der Waals surface area contributed by atoms with Crippen molar-refractivity contribution in [1.29, 1.82) is 0 Å². The number of hydrogen-bond donors (Lipinski definition) is 1. The molecule has 0 aromatic heterocycles. The van der Waals surface area contributed by atoms with Gasteiger partial charge >= 0.3 is 6.61 Å². The Balaban J connectivity index is 1.73. The van der Waals surface area contributed by atoms with Crippen LogP contribution < -0.4 is 19.5 Å². The van der Waals surface area contributed by atoms with Crippen LogP contribution in [0.2, 0.25) is 5.02 Å². The van der Waals surface area contributed by atoms with E-state index in [4.69, 9.17) is 21.1 Å². The fourth-order valence-corrected chi connectivity index (χ4v) is 2.52. The Morgan fingerprint density at radius 3 is 2.62 bits per heavy atom. The van der Waals surface area contributed by atoms with Crippen LogP contribution in [0.1, 0.15) is 5.56 Å². The van der Waals surface area contributed by atoms with Gasteiger partial charge in [-0.05, 0) is 12.1 Å². The molecule has 26 heavy (non-hydrogen) atoms. The highest BCUT2D eigenvalue weighted by atomic mass is 35.5. The summed E-state index contributed by atoms with van der Waals surface area (Å²) in [5.41, 5.74) is 0.693. The predicted molar refractivity (Wildman–Crippen MR) is 93.2 cm³/mol. The molecule has 0 saturated heterocycles. The number of fused-ring (bicyclic) bond motifs is 1. The van der Waals surface area contributed by atoms with Crippen molar-refractivity contribution in [3.05, 3.63) is 53.1 Å². The summed E-state index contributed by atoms with van der Waals surface area (Å²) in [6.07, 6.45) is 2.57. The number of para-hydroxylation sites is 1. The van der Waals surface area contributed by atoms with Crippen LogP contribution in [0.25, 0.3) is 6.08 Å². The second-order valence-corrected chi connectivity index (χ2v) is 5.62. The zero-order valence-corrected chi connectivity index (χ0v) is 14.1. The van der Waals surface area contributed by atoms with Crippen LogP contribution in [0.5, 0.6) is 17.2 Å². The van der Waals surface area contributed by atoms with Crippen molar-refractivity contribution in [2.75, 3.05) is 18.5 Å². The number of anilines is 1. The summed E-state index contributed by atoms with van der Waals surface area (Å²) in [7, 11) is 0. The number of ether oxygens (including phenoxy) is 3. The lowest BCUT2D eigenvalue weighted by atomic mass is 10.2. The van der Waals surface area contributed by atoms with E-state index in [0.717, 1.165) is 0 Å². The van der Waals surface area contributed by atoms with Crippen LogP contribution in [0.4, 0.5) is 14.5 Å². The molecule has 2 aromatic carbocycles. The van der Waals surface area contributed by atoms with Gasteiger partial charge in [-0.1, -0.05) is 29.8 Å². The molecular weight excluding hydrogens is 368 g/mol. The zero-order valence-electron chi connectivity index (χ0n) is 13.4. The lowest BCUT2D eigenvalue weighted by Crippen LogP contribution is -2.16. The van der Waals surface area contributed by atoms with E-state index in [1.165, 1.54) is 18.2 Å². The quantitative estimate of drug-likeness (QED) is 0.782. The Kier molecular flexibility index (Phi) is 5.58. The maximum absolute atomic E-state index is 12.4. The molecule has 3 rings (SSSR count). The first-order valence-corrected chi connectivity index (χ1v) is 8.03. The maximum Gasteiger partial charge on any atom is 0.387 e. The monoisotopic (exact) mass is 381 g/mol. The highest BCUT2D eigenvalue weighted by Gasteiger charge is 2.16. The molecule has 1 N–H and O–H groups in total. The SMILES string of the molecule is O=C(/C=C/c1ccccc1OC(F)F)Nc1cc2c(cc1Cl)OCCO2. The highest BCUT2D eigenvalue weighted by Crippen LogP contribution is 2.38. The van der Waals surface area contributed by atoms with E-state index in [0.29, 0.717) is 36.0 Å². The van der Waals surface area contributed by atoms with Gasteiger partial charge in [0.1, 0.15) is 19.0 Å². The molecule has 0 radical (unpaired) electrons. The summed E-state index contributed by atoms with van der Waals surface area (Å²) in [5.74, 6) is 0.475. The molecule has 0 spiro atoms. The molecule has 5 nitrogen and oxygen atoms in total. The summed E-state index contributed by atoms with van der Waals surface area (Å²) >= 11 is 6.13. The number of alkyl halides is 2. The third kappa shape index (κ3) is 4.43. The van der Waals surface area contributed by atoms with E-state index in [9.17, 15) is 13.6 Å². The van der Waals surface area contributed by atoms with E-state index >= 15 is 0 Å². The van der Waals surface area contributed by atoms with E-state index in [-0.39, 0.29) is 10.8 Å². The number of rotatable bonds is 5. The van der Waals surface area contributed by atoms with Gasteiger partial charge in [0.15, 0.2) is 11.5 Å². The molecular formula is C18H14ClF2NO4. The second kappa shape index (κ2) is 8.05. The van der Waals surface area contributed by atoms with E-state index in [1.807, 2.05) is 0 Å². The van der Waals surface area contributed by atoms with E-state index < -0.39 is 12.5 Å². The minimum absolute atomic E-state index is 0.0242. The second-order valence-electron chi connectivity index (χ2n) is 5.21. The van der Waals surface area contributed by atoms with Crippen LogP contribution in [-0.2, 0) is 4.79 Å². The van der Waals surface area contributed by atoms with Crippen molar-refractivity contribution in [2.24, 2.45) is 0 Å². The fourth-order valence-electron chi connectivity index (χ4n) is 2.32. The van der Waals surface area contributed by atoms with E-state index in [1.54, 1.807) is 30.3 Å². The summed E-state index contributed by atoms with van der Waals surface area (Å²) in [6, 6.07) is 9.27. The highest BCUT2D eigenvalue weighted by molar-refractivity contribution is 6.34. The molecule has 1 aliphatic heterocycles. The average Bonchev–Trinajstić information content (AvgIpc) is 2.61. The number of nitrogens with one attached hydrogen (secondary N) is 1. The lowest BCUT2D eigenvalue weighted by molar-refractivity contribution is -0.111. The maximum atomic E-state index is 12.4. The van der Waals surface area contributed by atoms with Crippen LogP contribution in [-0.4, -0.2) is 25.7 Å². The third-order valence-corrected chi connectivity index (χ3v) is 3.75. The van der Waals surface area contributed by atoms with Crippen LogP contribution >= 0.6 is 11.6 Å². The first kappa shape index (κ1) is 18.0. The first-order valence-electron chi connectivity index (χ1n) is 7.65. The minimum Gasteiger partial charge on any atom is -0.486 e. The van der Waals surface area contributed by atoms with Crippen LogP contribution in [0, 0.1) is 0 Å². The van der Waals surface area contributed by atoms with Gasteiger partial charge < -0.3 is 19.5 Å². The van der Waals surface area contributed by atoms with Gasteiger partial charge in [-0.2, -0.15) is 8.78 Å². The molecule has 8 heteroatoms. The van der Waals surface area contributed by atoms with Gasteiger partial charge in [0.25, 0.3) is 0 Å². The Hall–Kier alpha value is -2.80. The number of hydrogen-bond acceptors (Lipinski definition) is 4. The number of amides is 1.